The molecule has 0 saturated heterocycles. The van der Waals surface area contributed by atoms with Gasteiger partial charge in [-0.1, -0.05) is 35.9 Å². The van der Waals surface area contributed by atoms with E-state index in [1.54, 1.807) is 40.4 Å². The average Bonchev–Trinajstić information content (AvgIpc) is 3.46. The third-order valence-corrected chi connectivity index (χ3v) is 6.03. The van der Waals surface area contributed by atoms with Crippen molar-refractivity contribution in [3.8, 4) is 22.4 Å². The van der Waals surface area contributed by atoms with Gasteiger partial charge in [0, 0.05) is 46.8 Å². The van der Waals surface area contributed by atoms with Gasteiger partial charge in [-0.05, 0) is 42.8 Å². The molecule has 0 fully saturated rings. The highest BCUT2D eigenvalue weighted by atomic mass is 35.5. The number of nitrogens with two attached hydrogens (primary N) is 1. The molecule has 3 N–H and O–H groups in total. The van der Waals surface area contributed by atoms with Crippen LogP contribution in [-0.4, -0.2) is 30.3 Å². The fraction of sp³-hybridized carbons (Fsp3) is 0.120. The molecule has 0 aliphatic carbocycles. The number of aromatic nitrogens is 5. The molecular formula is C25H22ClN7O. The lowest BCUT2D eigenvalue weighted by Gasteiger charge is -2.24. The van der Waals surface area contributed by atoms with E-state index < -0.39 is 5.54 Å². The van der Waals surface area contributed by atoms with Crippen LogP contribution in [0.25, 0.3) is 27.9 Å². The molecule has 1 amide bonds. The van der Waals surface area contributed by atoms with E-state index in [1.165, 1.54) is 6.33 Å². The molecule has 0 saturated carbocycles. The molecule has 0 unspecified atom stereocenters. The van der Waals surface area contributed by atoms with Gasteiger partial charge in [-0.2, -0.15) is 10.2 Å². The van der Waals surface area contributed by atoms with Crippen LogP contribution in [0.2, 0.25) is 5.02 Å². The molecule has 0 spiro atoms. The zero-order chi connectivity index (χ0) is 23.9. The molecule has 3 aromatic heterocycles. The van der Waals surface area contributed by atoms with Crippen molar-refractivity contribution in [1.82, 2.24) is 24.4 Å². The summed E-state index contributed by atoms with van der Waals surface area (Å²) in [6, 6.07) is 16.4. The Morgan fingerprint density at radius 2 is 1.74 bits per heavy atom. The quantitative estimate of drug-likeness (QED) is 0.398. The van der Waals surface area contributed by atoms with Crippen molar-refractivity contribution in [1.29, 1.82) is 0 Å². The van der Waals surface area contributed by atoms with Crippen molar-refractivity contribution in [2.45, 2.75) is 12.5 Å². The van der Waals surface area contributed by atoms with E-state index in [1.807, 2.05) is 56.0 Å². The van der Waals surface area contributed by atoms with Gasteiger partial charge in [0.25, 0.3) is 0 Å². The first-order chi connectivity index (χ1) is 16.3. The van der Waals surface area contributed by atoms with Crippen molar-refractivity contribution in [2.75, 3.05) is 5.32 Å². The van der Waals surface area contributed by atoms with Crippen LogP contribution in [0, 0.1) is 0 Å². The molecule has 0 aliphatic rings. The van der Waals surface area contributed by atoms with Gasteiger partial charge in [-0.15, -0.1) is 0 Å². The van der Waals surface area contributed by atoms with Crippen LogP contribution in [0.1, 0.15) is 12.5 Å². The molecule has 0 bridgehead atoms. The summed E-state index contributed by atoms with van der Waals surface area (Å²) < 4.78 is 3.56. The highest BCUT2D eigenvalue weighted by Crippen LogP contribution is 2.29. The van der Waals surface area contributed by atoms with Gasteiger partial charge in [-0.3, -0.25) is 9.48 Å². The van der Waals surface area contributed by atoms with E-state index in [4.69, 9.17) is 17.3 Å². The number of rotatable bonds is 5. The lowest BCUT2D eigenvalue weighted by Crippen LogP contribution is -2.45. The zero-order valence-electron chi connectivity index (χ0n) is 18.6. The third-order valence-electron chi connectivity index (χ3n) is 5.78. The van der Waals surface area contributed by atoms with Crippen LogP contribution in [0.15, 0.2) is 79.5 Å². The predicted octanol–water partition coefficient (Wildman–Crippen LogP) is 4.26. The summed E-state index contributed by atoms with van der Waals surface area (Å²) in [7, 11) is 1.88. The second-order valence-corrected chi connectivity index (χ2v) is 8.75. The number of nitrogens with one attached hydrogen (secondary N) is 1. The lowest BCUT2D eigenvalue weighted by molar-refractivity contribution is -0.120. The topological polar surface area (TPSA) is 103 Å². The summed E-state index contributed by atoms with van der Waals surface area (Å²) in [5.74, 6) is -0.320. The Kier molecular flexibility index (Phi) is 5.39. The van der Waals surface area contributed by atoms with Gasteiger partial charge >= 0.3 is 0 Å². The summed E-state index contributed by atoms with van der Waals surface area (Å²) in [5, 5.41) is 12.1. The van der Waals surface area contributed by atoms with E-state index >= 15 is 0 Å². The van der Waals surface area contributed by atoms with Crippen LogP contribution in [-0.2, 0) is 17.4 Å². The fourth-order valence-electron chi connectivity index (χ4n) is 3.78. The van der Waals surface area contributed by atoms with E-state index in [0.717, 1.165) is 27.9 Å². The molecule has 0 aliphatic heterocycles. The normalized spacial score (nSPS) is 13.1. The fourth-order valence-corrected chi connectivity index (χ4v) is 3.91. The Labute approximate surface area is 201 Å². The van der Waals surface area contributed by atoms with Crippen LogP contribution in [0.3, 0.4) is 0 Å². The maximum absolute atomic E-state index is 12.9. The number of carbonyl (C=O) groups is 1. The Morgan fingerprint density at radius 1 is 1.00 bits per heavy atom. The van der Waals surface area contributed by atoms with Crippen LogP contribution in [0.5, 0.6) is 0 Å². The zero-order valence-corrected chi connectivity index (χ0v) is 19.4. The number of fused-ring (bicyclic) bond motifs is 1. The van der Waals surface area contributed by atoms with E-state index in [9.17, 15) is 4.79 Å². The van der Waals surface area contributed by atoms with E-state index in [-0.39, 0.29) is 5.91 Å². The number of halogens is 1. The molecule has 2 aromatic carbocycles. The first-order valence-electron chi connectivity index (χ1n) is 10.6. The van der Waals surface area contributed by atoms with Gasteiger partial charge in [-0.25, -0.2) is 9.50 Å². The maximum atomic E-state index is 12.9. The highest BCUT2D eigenvalue weighted by molar-refractivity contribution is 6.30. The first kappa shape index (κ1) is 21.8. The molecule has 8 nitrogen and oxygen atoms in total. The van der Waals surface area contributed by atoms with Crippen LogP contribution >= 0.6 is 11.6 Å². The van der Waals surface area contributed by atoms with Crippen LogP contribution < -0.4 is 11.1 Å². The number of nitrogens with zero attached hydrogens (tertiary/aromatic N) is 5. The van der Waals surface area contributed by atoms with E-state index in [2.05, 4.69) is 20.5 Å². The summed E-state index contributed by atoms with van der Waals surface area (Å²) in [6.45, 7) is 1.67. The maximum Gasteiger partial charge on any atom is 0.248 e. The second-order valence-electron chi connectivity index (χ2n) is 8.31. The van der Waals surface area contributed by atoms with Crippen molar-refractivity contribution in [2.24, 2.45) is 12.8 Å². The molecule has 1 atom stereocenters. The highest BCUT2D eigenvalue weighted by Gasteiger charge is 2.30. The monoisotopic (exact) mass is 471 g/mol. The van der Waals surface area contributed by atoms with Gasteiger partial charge in [0.05, 0.1) is 17.4 Å². The van der Waals surface area contributed by atoms with Gasteiger partial charge < -0.3 is 11.1 Å². The molecular weight excluding hydrogens is 450 g/mol. The predicted molar refractivity (Wildman–Crippen MR) is 132 cm³/mol. The first-order valence-corrected chi connectivity index (χ1v) is 11.0. The summed E-state index contributed by atoms with van der Waals surface area (Å²) in [4.78, 5) is 17.4. The summed E-state index contributed by atoms with van der Waals surface area (Å²) in [5.41, 5.74) is 11.0. The molecule has 9 heteroatoms. The lowest BCUT2D eigenvalue weighted by atomic mass is 9.92. The Bertz CT molecular complexity index is 1480. The number of anilines is 1. The van der Waals surface area contributed by atoms with Crippen molar-refractivity contribution in [3.63, 3.8) is 0 Å². The number of hydrogen-bond donors (Lipinski definition) is 2. The Hall–Kier alpha value is -4.01. The average molecular weight is 472 g/mol. The summed E-state index contributed by atoms with van der Waals surface area (Å²) in [6.07, 6.45) is 7.24. The number of hydrogen-bond acceptors (Lipinski definition) is 5. The number of benzene rings is 2. The molecule has 34 heavy (non-hydrogen) atoms. The Morgan fingerprint density at radius 3 is 2.41 bits per heavy atom. The Balaban J connectivity index is 1.39. The second kappa shape index (κ2) is 8.40. The number of aryl methyl sites for hydroxylation is 1. The molecule has 0 radical (unpaired) electrons. The standard InChI is InChI=1S/C25H22ClN7O/c1-25(27,19-5-7-20(26)8-6-19)24(34)31-21-9-3-16(4-10-21)23-22-11-17(14-33(22)30-15-28-23)18-12-29-32(2)13-18/h3-15H,27H2,1-2H3,(H,31,34)/t25-/m1/s1. The largest absolute Gasteiger partial charge is 0.324 e. The molecule has 3 heterocycles. The van der Waals surface area contributed by atoms with Crippen molar-refractivity contribution >= 4 is 28.7 Å². The number of amides is 1. The minimum atomic E-state index is -1.21. The minimum absolute atomic E-state index is 0.320. The van der Waals surface area contributed by atoms with Crippen molar-refractivity contribution in [3.05, 3.63) is 90.1 Å². The van der Waals surface area contributed by atoms with Gasteiger partial charge in [0.2, 0.25) is 5.91 Å². The summed E-state index contributed by atoms with van der Waals surface area (Å²) >= 11 is 5.95. The molecule has 5 rings (SSSR count). The smallest absolute Gasteiger partial charge is 0.248 e. The molecule has 5 aromatic rings. The number of carbonyl (C=O) groups excluding carboxylic acids is 1. The van der Waals surface area contributed by atoms with Gasteiger partial charge in [0.1, 0.15) is 11.9 Å². The molecule has 170 valence electrons. The SMILES string of the molecule is Cn1cc(-c2cc3c(-c4ccc(NC(=O)[C@](C)(N)c5ccc(Cl)cc5)cc4)ncnn3c2)cn1. The van der Waals surface area contributed by atoms with Crippen molar-refractivity contribution < 1.29 is 4.79 Å². The third kappa shape index (κ3) is 4.05. The van der Waals surface area contributed by atoms with Crippen LogP contribution in [0.4, 0.5) is 5.69 Å². The van der Waals surface area contributed by atoms with E-state index in [0.29, 0.717) is 16.3 Å². The minimum Gasteiger partial charge on any atom is -0.324 e. The van der Waals surface area contributed by atoms with Gasteiger partial charge in [0.15, 0.2) is 0 Å².